The third-order valence-corrected chi connectivity index (χ3v) is 4.61. The Morgan fingerprint density at radius 2 is 1.97 bits per heavy atom. The number of rotatable bonds is 6. The van der Waals surface area contributed by atoms with E-state index >= 15 is 0 Å². The van der Waals surface area contributed by atoms with Gasteiger partial charge in [0.25, 0.3) is 5.91 Å². The molecule has 0 saturated heterocycles. The molecule has 4 rings (SSSR count). The molecular weight excluding hydrogens is 380 g/mol. The van der Waals surface area contributed by atoms with Crippen LogP contribution in [0.25, 0.3) is 22.7 Å². The molecule has 0 unspecified atom stereocenters. The van der Waals surface area contributed by atoms with Gasteiger partial charge in [0.1, 0.15) is 5.75 Å². The first-order chi connectivity index (χ1) is 14.5. The van der Waals surface area contributed by atoms with Crippen LogP contribution in [0.1, 0.15) is 15.9 Å². The largest absolute Gasteiger partial charge is 0.496 e. The zero-order chi connectivity index (χ0) is 21.1. The van der Waals surface area contributed by atoms with Crippen LogP contribution < -0.4 is 10.1 Å². The molecule has 0 radical (unpaired) electrons. The van der Waals surface area contributed by atoms with Crippen LogP contribution in [-0.4, -0.2) is 42.0 Å². The Bertz CT molecular complexity index is 1170. The highest BCUT2D eigenvalue weighted by Gasteiger charge is 2.16. The summed E-state index contributed by atoms with van der Waals surface area (Å²) in [6.45, 7) is 0.722. The van der Waals surface area contributed by atoms with E-state index in [1.807, 2.05) is 55.4 Å². The average molecular weight is 402 g/mol. The van der Waals surface area contributed by atoms with Crippen LogP contribution in [0.15, 0.2) is 65.2 Å². The maximum atomic E-state index is 12.9. The third kappa shape index (κ3) is 4.01. The summed E-state index contributed by atoms with van der Waals surface area (Å²) in [5, 5.41) is 2.96. The maximum Gasteiger partial charge on any atom is 0.255 e. The van der Waals surface area contributed by atoms with Gasteiger partial charge in [-0.05, 0) is 50.5 Å². The van der Waals surface area contributed by atoms with Crippen molar-refractivity contribution in [3.8, 4) is 17.2 Å². The second-order valence-corrected chi connectivity index (χ2v) is 7.11. The number of carbonyl (C=O) groups excluding carboxylic acids is 1. The third-order valence-electron chi connectivity index (χ3n) is 4.61. The van der Waals surface area contributed by atoms with E-state index in [-0.39, 0.29) is 5.91 Å². The van der Waals surface area contributed by atoms with Crippen molar-refractivity contribution in [1.82, 2.24) is 14.9 Å². The van der Waals surface area contributed by atoms with Gasteiger partial charge in [0.05, 0.1) is 18.4 Å². The minimum Gasteiger partial charge on any atom is -0.496 e. The zero-order valence-corrected chi connectivity index (χ0v) is 17.0. The molecule has 4 aromatic rings. The predicted octanol–water partition coefficient (Wildman–Crippen LogP) is 4.21. The number of nitrogens with one attached hydrogen (secondary N) is 1. The van der Waals surface area contributed by atoms with Gasteiger partial charge in [-0.1, -0.05) is 18.2 Å². The average Bonchev–Trinajstić information content (AvgIpc) is 3.18. The summed E-state index contributed by atoms with van der Waals surface area (Å²) in [5.74, 6) is 0.833. The first-order valence-electron chi connectivity index (χ1n) is 9.49. The zero-order valence-electron chi connectivity index (χ0n) is 17.0. The van der Waals surface area contributed by atoms with Gasteiger partial charge < -0.3 is 19.4 Å². The highest BCUT2D eigenvalue weighted by atomic mass is 16.5. The van der Waals surface area contributed by atoms with Crippen LogP contribution in [0.4, 0.5) is 5.69 Å². The van der Waals surface area contributed by atoms with E-state index in [0.717, 1.165) is 12.1 Å². The number of hydrogen-bond acceptors (Lipinski definition) is 6. The number of pyridine rings is 1. The second-order valence-electron chi connectivity index (χ2n) is 7.11. The fourth-order valence-electron chi connectivity index (χ4n) is 3.21. The second kappa shape index (κ2) is 8.34. The first-order valence-corrected chi connectivity index (χ1v) is 9.49. The molecule has 0 aliphatic rings. The molecule has 0 bridgehead atoms. The van der Waals surface area contributed by atoms with E-state index in [1.54, 1.807) is 31.5 Å². The minimum absolute atomic E-state index is 0.244. The van der Waals surface area contributed by atoms with E-state index in [2.05, 4.69) is 15.3 Å². The Labute approximate surface area is 174 Å². The molecule has 0 fully saturated rings. The Kier molecular flexibility index (Phi) is 5.45. The van der Waals surface area contributed by atoms with Crippen molar-refractivity contribution in [2.45, 2.75) is 6.54 Å². The van der Waals surface area contributed by atoms with Crippen LogP contribution in [0.2, 0.25) is 0 Å². The monoisotopic (exact) mass is 402 g/mol. The van der Waals surface area contributed by atoms with Crippen molar-refractivity contribution in [3.05, 3.63) is 71.9 Å². The van der Waals surface area contributed by atoms with Gasteiger partial charge in [0.15, 0.2) is 11.2 Å². The summed E-state index contributed by atoms with van der Waals surface area (Å²) in [5.41, 5.74) is 3.91. The van der Waals surface area contributed by atoms with Crippen LogP contribution in [0.3, 0.4) is 0 Å². The first kappa shape index (κ1) is 19.6. The topological polar surface area (TPSA) is 80.5 Å². The van der Waals surface area contributed by atoms with Gasteiger partial charge in [-0.15, -0.1) is 0 Å². The smallest absolute Gasteiger partial charge is 0.255 e. The SMILES string of the molecule is COc1cc(C(=O)Nc2ccccc2-c2nc3ncccc3o2)ccc1CN(C)C. The number of oxazole rings is 1. The summed E-state index contributed by atoms with van der Waals surface area (Å²) in [4.78, 5) is 23.6. The van der Waals surface area contributed by atoms with Crippen molar-refractivity contribution >= 4 is 22.8 Å². The number of nitrogens with zero attached hydrogens (tertiary/aromatic N) is 3. The molecule has 0 atom stereocenters. The molecule has 0 saturated carbocycles. The standard InChI is InChI=1S/C23H22N4O3/c1-27(2)14-16-11-10-15(13-20(16)29-3)22(28)25-18-8-5-4-7-17(18)23-26-21-19(30-23)9-6-12-24-21/h4-13H,14H2,1-3H3,(H,25,28). The van der Waals surface area contributed by atoms with Crippen LogP contribution in [0, 0.1) is 0 Å². The Balaban J connectivity index is 1.63. The van der Waals surface area contributed by atoms with Crippen molar-refractivity contribution in [3.63, 3.8) is 0 Å². The molecule has 2 aromatic heterocycles. The quantitative estimate of drug-likeness (QED) is 0.520. The maximum absolute atomic E-state index is 12.9. The fraction of sp³-hybridized carbons (Fsp3) is 0.174. The molecule has 30 heavy (non-hydrogen) atoms. The van der Waals surface area contributed by atoms with E-state index in [9.17, 15) is 4.79 Å². The number of anilines is 1. The Morgan fingerprint density at radius 3 is 2.73 bits per heavy atom. The lowest BCUT2D eigenvalue weighted by atomic mass is 10.1. The predicted molar refractivity (Wildman–Crippen MR) is 116 cm³/mol. The number of aromatic nitrogens is 2. The number of fused-ring (bicyclic) bond motifs is 1. The molecule has 7 heteroatoms. The van der Waals surface area contributed by atoms with E-state index in [0.29, 0.717) is 39.7 Å². The minimum atomic E-state index is -0.244. The summed E-state index contributed by atoms with van der Waals surface area (Å²) >= 11 is 0. The molecule has 0 aliphatic heterocycles. The van der Waals surface area contributed by atoms with Gasteiger partial charge in [0.2, 0.25) is 5.89 Å². The van der Waals surface area contributed by atoms with Crippen molar-refractivity contribution in [2.24, 2.45) is 0 Å². The van der Waals surface area contributed by atoms with Crippen LogP contribution in [-0.2, 0) is 6.54 Å². The number of ether oxygens (including phenoxy) is 1. The van der Waals surface area contributed by atoms with E-state index in [1.165, 1.54) is 0 Å². The number of methoxy groups -OCH3 is 1. The van der Waals surface area contributed by atoms with Crippen molar-refractivity contribution < 1.29 is 13.9 Å². The summed E-state index contributed by atoms with van der Waals surface area (Å²) < 4.78 is 11.3. The number of benzene rings is 2. The number of para-hydroxylation sites is 1. The van der Waals surface area contributed by atoms with Crippen molar-refractivity contribution in [1.29, 1.82) is 0 Å². The number of carbonyl (C=O) groups is 1. The molecular formula is C23H22N4O3. The summed E-state index contributed by atoms with van der Waals surface area (Å²) in [6.07, 6.45) is 1.66. The lowest BCUT2D eigenvalue weighted by molar-refractivity contribution is 0.102. The van der Waals surface area contributed by atoms with Gasteiger partial charge in [-0.2, -0.15) is 4.98 Å². The molecule has 0 aliphatic carbocycles. The molecule has 1 amide bonds. The van der Waals surface area contributed by atoms with Gasteiger partial charge in [-0.25, -0.2) is 4.98 Å². The molecule has 7 nitrogen and oxygen atoms in total. The highest BCUT2D eigenvalue weighted by molar-refractivity contribution is 6.06. The Morgan fingerprint density at radius 1 is 1.13 bits per heavy atom. The van der Waals surface area contributed by atoms with Crippen LogP contribution >= 0.6 is 0 Å². The van der Waals surface area contributed by atoms with Gasteiger partial charge in [0, 0.05) is 23.9 Å². The normalized spacial score (nSPS) is 11.1. The molecule has 2 aromatic carbocycles. The molecule has 2 heterocycles. The molecule has 1 N–H and O–H groups in total. The number of amides is 1. The summed E-state index contributed by atoms with van der Waals surface area (Å²) in [7, 11) is 5.57. The molecule has 152 valence electrons. The lowest BCUT2D eigenvalue weighted by Gasteiger charge is -2.15. The van der Waals surface area contributed by atoms with Gasteiger partial charge >= 0.3 is 0 Å². The Hall–Kier alpha value is -3.71. The van der Waals surface area contributed by atoms with E-state index < -0.39 is 0 Å². The van der Waals surface area contributed by atoms with Crippen LogP contribution in [0.5, 0.6) is 5.75 Å². The van der Waals surface area contributed by atoms with Crippen molar-refractivity contribution in [2.75, 3.05) is 26.5 Å². The van der Waals surface area contributed by atoms with Gasteiger partial charge in [-0.3, -0.25) is 4.79 Å². The highest BCUT2D eigenvalue weighted by Crippen LogP contribution is 2.30. The fourth-order valence-corrected chi connectivity index (χ4v) is 3.21. The lowest BCUT2D eigenvalue weighted by Crippen LogP contribution is -2.15. The number of hydrogen-bond donors (Lipinski definition) is 1. The molecule has 0 spiro atoms. The summed E-state index contributed by atoms with van der Waals surface area (Å²) in [6, 6.07) is 16.4. The van der Waals surface area contributed by atoms with E-state index in [4.69, 9.17) is 9.15 Å².